The van der Waals surface area contributed by atoms with Gasteiger partial charge in [0.1, 0.15) is 0 Å². The van der Waals surface area contributed by atoms with Gasteiger partial charge >= 0.3 is 0 Å². The lowest BCUT2D eigenvalue weighted by molar-refractivity contribution is -0.385. The Labute approximate surface area is 113 Å². The zero-order chi connectivity index (χ0) is 13.8. The van der Waals surface area contributed by atoms with Crippen LogP contribution in [0.5, 0.6) is 0 Å². The second-order valence-corrected chi connectivity index (χ2v) is 5.22. The first-order valence-corrected chi connectivity index (χ1v) is 6.76. The smallest absolute Gasteiger partial charge is 0.274 e. The Kier molecular flexibility index (Phi) is 4.50. The third-order valence-electron chi connectivity index (χ3n) is 3.93. The molecule has 1 N–H and O–H groups in total. The van der Waals surface area contributed by atoms with Crippen molar-refractivity contribution in [2.75, 3.05) is 20.1 Å². The lowest BCUT2D eigenvalue weighted by atomic mass is 10.1. The average Bonchev–Trinajstić information content (AvgIpc) is 2.81. The van der Waals surface area contributed by atoms with Crippen molar-refractivity contribution in [1.29, 1.82) is 0 Å². The third-order valence-corrected chi connectivity index (χ3v) is 3.93. The number of nitro benzene ring substituents is 1. The van der Waals surface area contributed by atoms with Gasteiger partial charge in [-0.1, -0.05) is 18.2 Å². The van der Waals surface area contributed by atoms with Crippen LogP contribution in [0.1, 0.15) is 31.4 Å². The van der Waals surface area contributed by atoms with Crippen LogP contribution in [-0.4, -0.2) is 36.0 Å². The van der Waals surface area contributed by atoms with Gasteiger partial charge in [0.25, 0.3) is 5.69 Å². The minimum atomic E-state index is -0.310. The van der Waals surface area contributed by atoms with Crippen LogP contribution in [0.25, 0.3) is 0 Å². The Morgan fingerprint density at radius 1 is 1.53 bits per heavy atom. The van der Waals surface area contributed by atoms with Crippen molar-refractivity contribution in [2.24, 2.45) is 0 Å². The van der Waals surface area contributed by atoms with Crippen molar-refractivity contribution >= 4 is 5.69 Å². The highest BCUT2D eigenvalue weighted by Gasteiger charge is 2.23. The van der Waals surface area contributed by atoms with E-state index in [1.165, 1.54) is 12.8 Å². The zero-order valence-electron chi connectivity index (χ0n) is 11.5. The maximum atomic E-state index is 11.0. The number of nitrogens with zero attached hydrogens (tertiary/aromatic N) is 2. The second-order valence-electron chi connectivity index (χ2n) is 5.22. The topological polar surface area (TPSA) is 58.4 Å². The van der Waals surface area contributed by atoms with E-state index < -0.39 is 0 Å². The highest BCUT2D eigenvalue weighted by atomic mass is 16.6. The molecule has 0 aliphatic carbocycles. The quantitative estimate of drug-likeness (QED) is 0.654. The molecular formula is C14H21N3O2. The maximum Gasteiger partial charge on any atom is 0.274 e. The monoisotopic (exact) mass is 263 g/mol. The molecule has 2 unspecified atom stereocenters. The summed E-state index contributed by atoms with van der Waals surface area (Å²) in [6.45, 7) is 4.01. The van der Waals surface area contributed by atoms with Crippen molar-refractivity contribution in [3.05, 3.63) is 39.9 Å². The first kappa shape index (κ1) is 14.0. The van der Waals surface area contributed by atoms with Gasteiger partial charge in [0.15, 0.2) is 0 Å². The van der Waals surface area contributed by atoms with Crippen LogP contribution in [0.2, 0.25) is 0 Å². The highest BCUT2D eigenvalue weighted by Crippen LogP contribution is 2.24. The average molecular weight is 263 g/mol. The molecule has 19 heavy (non-hydrogen) atoms. The lowest BCUT2D eigenvalue weighted by Crippen LogP contribution is -2.36. The molecule has 2 rings (SSSR count). The molecule has 1 saturated heterocycles. The van der Waals surface area contributed by atoms with Crippen molar-refractivity contribution in [2.45, 2.75) is 31.8 Å². The van der Waals surface area contributed by atoms with Gasteiger partial charge in [-0.2, -0.15) is 0 Å². The van der Waals surface area contributed by atoms with Crippen LogP contribution in [0, 0.1) is 10.1 Å². The van der Waals surface area contributed by atoms with Crippen LogP contribution in [0.4, 0.5) is 5.69 Å². The summed E-state index contributed by atoms with van der Waals surface area (Å²) in [5.41, 5.74) is 0.954. The molecule has 0 bridgehead atoms. The number of nitro groups is 1. The van der Waals surface area contributed by atoms with Crippen molar-refractivity contribution in [3.63, 3.8) is 0 Å². The van der Waals surface area contributed by atoms with Gasteiger partial charge in [0.05, 0.1) is 4.92 Å². The molecule has 1 heterocycles. The van der Waals surface area contributed by atoms with E-state index in [0.717, 1.165) is 18.7 Å². The molecule has 5 heteroatoms. The zero-order valence-corrected chi connectivity index (χ0v) is 11.5. The van der Waals surface area contributed by atoms with Crippen LogP contribution in [0.3, 0.4) is 0 Å². The number of para-hydroxylation sites is 1. The molecule has 1 fully saturated rings. The van der Waals surface area contributed by atoms with Gasteiger partial charge in [-0.25, -0.2) is 0 Å². The van der Waals surface area contributed by atoms with Crippen LogP contribution in [-0.2, 0) is 0 Å². The molecule has 2 atom stereocenters. The second kappa shape index (κ2) is 6.12. The summed E-state index contributed by atoms with van der Waals surface area (Å²) in [5.74, 6) is 0. The van der Waals surface area contributed by atoms with Crippen LogP contribution < -0.4 is 5.32 Å². The molecule has 0 amide bonds. The van der Waals surface area contributed by atoms with E-state index in [-0.39, 0.29) is 16.7 Å². The Hall–Kier alpha value is -1.46. The summed E-state index contributed by atoms with van der Waals surface area (Å²) in [5, 5.41) is 14.4. The Morgan fingerprint density at radius 2 is 2.26 bits per heavy atom. The number of likely N-dealkylation sites (N-methyl/N-ethyl adjacent to an activating group) is 1. The molecule has 0 saturated carbocycles. The maximum absolute atomic E-state index is 11.0. The van der Waals surface area contributed by atoms with E-state index in [0.29, 0.717) is 6.04 Å². The minimum absolute atomic E-state index is 0.00407. The number of hydrogen-bond acceptors (Lipinski definition) is 4. The first-order valence-electron chi connectivity index (χ1n) is 6.76. The van der Waals surface area contributed by atoms with E-state index in [1.807, 2.05) is 19.1 Å². The predicted octanol–water partition coefficient (Wildman–Crippen LogP) is 2.34. The van der Waals surface area contributed by atoms with Crippen LogP contribution >= 0.6 is 0 Å². The van der Waals surface area contributed by atoms with Gasteiger partial charge < -0.3 is 10.2 Å². The summed E-state index contributed by atoms with van der Waals surface area (Å²) in [6.07, 6.45) is 2.44. The standard InChI is InChI=1S/C14H21N3O2/c1-11(15-10-12-6-5-9-16(12)2)13-7-3-4-8-14(13)17(18)19/h3-4,7-8,11-12,15H,5-6,9-10H2,1-2H3. The molecule has 5 nitrogen and oxygen atoms in total. The third kappa shape index (κ3) is 3.30. The summed E-state index contributed by atoms with van der Waals surface area (Å²) in [4.78, 5) is 13.0. The molecule has 104 valence electrons. The Morgan fingerprint density at radius 3 is 2.89 bits per heavy atom. The van der Waals surface area contributed by atoms with E-state index in [9.17, 15) is 10.1 Å². The molecule has 0 spiro atoms. The van der Waals surface area contributed by atoms with Crippen molar-refractivity contribution < 1.29 is 4.92 Å². The molecule has 1 aromatic rings. The lowest BCUT2D eigenvalue weighted by Gasteiger charge is -2.22. The fourth-order valence-electron chi connectivity index (χ4n) is 2.68. The van der Waals surface area contributed by atoms with Gasteiger partial charge in [-0.05, 0) is 33.4 Å². The number of nitrogens with one attached hydrogen (secondary N) is 1. The Bertz CT molecular complexity index is 450. The van der Waals surface area contributed by atoms with Gasteiger partial charge in [-0.3, -0.25) is 10.1 Å². The van der Waals surface area contributed by atoms with E-state index in [1.54, 1.807) is 12.1 Å². The molecule has 0 radical (unpaired) electrons. The van der Waals surface area contributed by atoms with E-state index >= 15 is 0 Å². The number of benzene rings is 1. The highest BCUT2D eigenvalue weighted by molar-refractivity contribution is 5.41. The van der Waals surface area contributed by atoms with Crippen LogP contribution in [0.15, 0.2) is 24.3 Å². The van der Waals surface area contributed by atoms with Crippen molar-refractivity contribution in [1.82, 2.24) is 10.2 Å². The number of hydrogen-bond donors (Lipinski definition) is 1. The normalized spacial score (nSPS) is 21.5. The predicted molar refractivity (Wildman–Crippen MR) is 75.2 cm³/mol. The molecule has 1 aliphatic heterocycles. The van der Waals surface area contributed by atoms with E-state index in [4.69, 9.17) is 0 Å². The SMILES string of the molecule is CC(NCC1CCCN1C)c1ccccc1[N+](=O)[O-]. The minimum Gasteiger partial charge on any atom is -0.308 e. The van der Waals surface area contributed by atoms with Crippen molar-refractivity contribution in [3.8, 4) is 0 Å². The largest absolute Gasteiger partial charge is 0.308 e. The summed E-state index contributed by atoms with van der Waals surface area (Å²) in [6, 6.07) is 7.49. The molecule has 0 aromatic heterocycles. The molecule has 1 aromatic carbocycles. The van der Waals surface area contributed by atoms with E-state index in [2.05, 4.69) is 17.3 Å². The summed E-state index contributed by atoms with van der Waals surface area (Å²) in [7, 11) is 2.13. The fourth-order valence-corrected chi connectivity index (χ4v) is 2.68. The fraction of sp³-hybridized carbons (Fsp3) is 0.571. The summed E-state index contributed by atoms with van der Waals surface area (Å²) < 4.78 is 0. The van der Waals surface area contributed by atoms with Gasteiger partial charge in [-0.15, -0.1) is 0 Å². The molecular weight excluding hydrogens is 242 g/mol. The number of rotatable bonds is 5. The number of likely N-dealkylation sites (tertiary alicyclic amines) is 1. The Balaban J connectivity index is 1.99. The molecule has 1 aliphatic rings. The first-order chi connectivity index (χ1) is 9.09. The van der Waals surface area contributed by atoms with Gasteiger partial charge in [0.2, 0.25) is 0 Å². The summed E-state index contributed by atoms with van der Waals surface area (Å²) >= 11 is 0. The van der Waals surface area contributed by atoms with Gasteiger partial charge in [0, 0.05) is 30.3 Å².